The second-order valence-electron chi connectivity index (χ2n) is 4.96. The van der Waals surface area contributed by atoms with E-state index in [1.807, 2.05) is 0 Å². The molecule has 4 aromatic rings. The van der Waals surface area contributed by atoms with E-state index in [0.717, 1.165) is 21.5 Å². The molecule has 4 rings (SSSR count). The van der Waals surface area contributed by atoms with Gasteiger partial charge in [-0.3, -0.25) is 4.40 Å². The Morgan fingerprint density at radius 3 is 2.62 bits per heavy atom. The van der Waals surface area contributed by atoms with Gasteiger partial charge in [0.2, 0.25) is 0 Å². The zero-order chi connectivity index (χ0) is 14.4. The summed E-state index contributed by atoms with van der Waals surface area (Å²) in [6.45, 7) is 2.19. The molecule has 0 amide bonds. The van der Waals surface area contributed by atoms with Crippen LogP contribution in [0.5, 0.6) is 0 Å². The van der Waals surface area contributed by atoms with Crippen molar-refractivity contribution in [2.75, 3.05) is 0 Å². The molecule has 2 heterocycles. The molecule has 0 fully saturated rings. The van der Waals surface area contributed by atoms with E-state index >= 15 is 0 Å². The molecule has 0 unspecified atom stereocenters. The lowest BCUT2D eigenvalue weighted by molar-refractivity contribution is 1.03. The minimum absolute atomic E-state index is 0.966. The van der Waals surface area contributed by atoms with Crippen LogP contribution in [0.4, 0.5) is 0 Å². The summed E-state index contributed by atoms with van der Waals surface area (Å²) in [6, 6.07) is 16.9. The number of benzene rings is 2. The summed E-state index contributed by atoms with van der Waals surface area (Å²) in [6.07, 6.45) is 0.966. The lowest BCUT2D eigenvalue weighted by Crippen LogP contribution is -1.91. The number of rotatable bonds is 2. The fourth-order valence-electron chi connectivity index (χ4n) is 2.74. The van der Waals surface area contributed by atoms with Gasteiger partial charge in [-0.2, -0.15) is 0 Å². The van der Waals surface area contributed by atoms with Crippen LogP contribution in [0.3, 0.4) is 0 Å². The topological polar surface area (TPSA) is 17.3 Å². The van der Waals surface area contributed by atoms with Crippen molar-refractivity contribution in [1.29, 1.82) is 0 Å². The van der Waals surface area contributed by atoms with Crippen LogP contribution in [0.25, 0.3) is 26.4 Å². The SMILES string of the molecule is CCc1c(-c2ccc(Br)cc2)nc2sc3ccccc3n12. The zero-order valence-corrected chi connectivity index (χ0v) is 13.9. The predicted molar refractivity (Wildman–Crippen MR) is 93.1 cm³/mol. The van der Waals surface area contributed by atoms with E-state index in [1.165, 1.54) is 21.5 Å². The molecule has 2 aromatic carbocycles. The van der Waals surface area contributed by atoms with Gasteiger partial charge in [0.15, 0.2) is 4.96 Å². The van der Waals surface area contributed by atoms with Gasteiger partial charge in [0, 0.05) is 10.0 Å². The average molecular weight is 357 g/mol. The first-order chi connectivity index (χ1) is 10.3. The summed E-state index contributed by atoms with van der Waals surface area (Å²) in [5.74, 6) is 0. The smallest absolute Gasteiger partial charge is 0.195 e. The number of fused-ring (bicyclic) bond motifs is 3. The Morgan fingerprint density at radius 2 is 1.86 bits per heavy atom. The van der Waals surface area contributed by atoms with Gasteiger partial charge in [-0.15, -0.1) is 0 Å². The summed E-state index contributed by atoms with van der Waals surface area (Å²) in [5.41, 5.74) is 4.81. The molecule has 0 N–H and O–H groups in total. The van der Waals surface area contributed by atoms with Crippen molar-refractivity contribution in [2.24, 2.45) is 0 Å². The number of aryl methyl sites for hydroxylation is 1. The summed E-state index contributed by atoms with van der Waals surface area (Å²) in [5, 5.41) is 0. The Hall–Kier alpha value is -1.65. The van der Waals surface area contributed by atoms with Gasteiger partial charge in [-0.1, -0.05) is 58.5 Å². The molecule has 0 radical (unpaired) electrons. The van der Waals surface area contributed by atoms with Gasteiger partial charge in [-0.05, 0) is 30.7 Å². The van der Waals surface area contributed by atoms with Gasteiger partial charge in [0.25, 0.3) is 0 Å². The molecule has 21 heavy (non-hydrogen) atoms. The number of imidazole rings is 1. The van der Waals surface area contributed by atoms with E-state index in [2.05, 4.69) is 75.8 Å². The fourth-order valence-corrected chi connectivity index (χ4v) is 4.05. The summed E-state index contributed by atoms with van der Waals surface area (Å²) in [7, 11) is 0. The minimum Gasteiger partial charge on any atom is -0.287 e. The molecule has 0 bridgehead atoms. The van der Waals surface area contributed by atoms with Crippen molar-refractivity contribution >= 4 is 42.4 Å². The molecule has 0 saturated heterocycles. The van der Waals surface area contributed by atoms with Crippen LogP contribution in [0.15, 0.2) is 53.0 Å². The number of halogens is 1. The predicted octanol–water partition coefficient (Wildman–Crippen LogP) is 5.54. The van der Waals surface area contributed by atoms with E-state index in [9.17, 15) is 0 Å². The van der Waals surface area contributed by atoms with E-state index < -0.39 is 0 Å². The van der Waals surface area contributed by atoms with Gasteiger partial charge in [0.1, 0.15) is 0 Å². The van der Waals surface area contributed by atoms with Crippen molar-refractivity contribution in [3.63, 3.8) is 0 Å². The molecular weight excluding hydrogens is 344 g/mol. The second kappa shape index (κ2) is 4.97. The van der Waals surface area contributed by atoms with E-state index in [-0.39, 0.29) is 0 Å². The third kappa shape index (κ3) is 2.01. The molecule has 0 saturated carbocycles. The van der Waals surface area contributed by atoms with Crippen molar-refractivity contribution in [1.82, 2.24) is 9.38 Å². The number of aromatic nitrogens is 2. The molecule has 4 heteroatoms. The van der Waals surface area contributed by atoms with Gasteiger partial charge >= 0.3 is 0 Å². The highest BCUT2D eigenvalue weighted by Gasteiger charge is 2.16. The minimum atomic E-state index is 0.966. The normalized spacial score (nSPS) is 11.5. The van der Waals surface area contributed by atoms with E-state index in [4.69, 9.17) is 4.98 Å². The number of para-hydroxylation sites is 1. The highest BCUT2D eigenvalue weighted by atomic mass is 79.9. The molecule has 0 aliphatic rings. The van der Waals surface area contributed by atoms with Gasteiger partial charge in [0.05, 0.1) is 21.6 Å². The first-order valence-corrected chi connectivity index (χ1v) is 8.53. The maximum absolute atomic E-state index is 4.89. The Balaban J connectivity index is 2.04. The van der Waals surface area contributed by atoms with Crippen LogP contribution >= 0.6 is 27.3 Å². The lowest BCUT2D eigenvalue weighted by atomic mass is 10.1. The van der Waals surface area contributed by atoms with Crippen molar-refractivity contribution in [3.05, 3.63) is 58.7 Å². The molecular formula is C17H13BrN2S. The largest absolute Gasteiger partial charge is 0.287 e. The Kier molecular flexibility index (Phi) is 3.08. The maximum Gasteiger partial charge on any atom is 0.195 e. The molecule has 2 nitrogen and oxygen atoms in total. The lowest BCUT2D eigenvalue weighted by Gasteiger charge is -2.03. The van der Waals surface area contributed by atoms with Crippen LogP contribution in [0, 0.1) is 0 Å². The van der Waals surface area contributed by atoms with Crippen LogP contribution in [0.1, 0.15) is 12.6 Å². The van der Waals surface area contributed by atoms with Crippen molar-refractivity contribution in [3.8, 4) is 11.3 Å². The molecule has 0 aliphatic heterocycles. The molecule has 0 aliphatic carbocycles. The third-order valence-electron chi connectivity index (χ3n) is 3.70. The third-order valence-corrected chi connectivity index (χ3v) is 5.25. The number of thiazole rings is 1. The summed E-state index contributed by atoms with van der Waals surface area (Å²) < 4.78 is 4.69. The Bertz CT molecular complexity index is 935. The van der Waals surface area contributed by atoms with E-state index in [1.54, 1.807) is 11.3 Å². The Morgan fingerprint density at radius 1 is 1.10 bits per heavy atom. The fraction of sp³-hybridized carbons (Fsp3) is 0.118. The second-order valence-corrected chi connectivity index (χ2v) is 6.88. The number of hydrogen-bond acceptors (Lipinski definition) is 2. The highest BCUT2D eigenvalue weighted by molar-refractivity contribution is 9.10. The zero-order valence-electron chi connectivity index (χ0n) is 11.5. The summed E-state index contributed by atoms with van der Waals surface area (Å²) in [4.78, 5) is 5.96. The quantitative estimate of drug-likeness (QED) is 0.460. The monoisotopic (exact) mass is 356 g/mol. The molecule has 104 valence electrons. The van der Waals surface area contributed by atoms with Crippen LogP contribution in [-0.4, -0.2) is 9.38 Å². The van der Waals surface area contributed by atoms with Crippen molar-refractivity contribution < 1.29 is 0 Å². The Labute approximate surface area is 135 Å². The van der Waals surface area contributed by atoms with Crippen LogP contribution in [-0.2, 0) is 6.42 Å². The average Bonchev–Trinajstić information content (AvgIpc) is 3.03. The van der Waals surface area contributed by atoms with Crippen LogP contribution < -0.4 is 0 Å². The standard InChI is InChI=1S/C17H13BrN2S/c1-2-13-16(11-7-9-12(18)10-8-11)19-17-20(13)14-5-3-4-6-15(14)21-17/h3-10H,2H2,1H3. The molecule has 2 aromatic heterocycles. The maximum atomic E-state index is 4.89. The summed E-state index contributed by atoms with van der Waals surface area (Å²) >= 11 is 5.24. The van der Waals surface area contributed by atoms with E-state index in [0.29, 0.717) is 0 Å². The number of hydrogen-bond donors (Lipinski definition) is 0. The first-order valence-electron chi connectivity index (χ1n) is 6.92. The van der Waals surface area contributed by atoms with Crippen LogP contribution in [0.2, 0.25) is 0 Å². The van der Waals surface area contributed by atoms with Gasteiger partial charge < -0.3 is 0 Å². The highest BCUT2D eigenvalue weighted by Crippen LogP contribution is 2.33. The number of nitrogens with zero attached hydrogens (tertiary/aromatic N) is 2. The van der Waals surface area contributed by atoms with Crippen molar-refractivity contribution in [2.45, 2.75) is 13.3 Å². The molecule has 0 spiro atoms. The first kappa shape index (κ1) is 13.0. The molecule has 0 atom stereocenters. The van der Waals surface area contributed by atoms with Gasteiger partial charge in [-0.25, -0.2) is 4.98 Å².